The summed E-state index contributed by atoms with van der Waals surface area (Å²) in [5.41, 5.74) is 1.88. The van der Waals surface area contributed by atoms with Crippen LogP contribution in [0, 0.1) is 11.3 Å². The van der Waals surface area contributed by atoms with Crippen molar-refractivity contribution in [3.63, 3.8) is 0 Å². The molecule has 20 heavy (non-hydrogen) atoms. The molecular formula is C15H12ClN3O. The number of hydrogen-bond donors (Lipinski definition) is 2. The van der Waals surface area contributed by atoms with Crippen LogP contribution in [0.15, 0.2) is 48.5 Å². The smallest absolute Gasteiger partial charge is 0.243 e. The molecule has 1 amide bonds. The zero-order valence-corrected chi connectivity index (χ0v) is 11.3. The number of rotatable bonds is 4. The van der Waals surface area contributed by atoms with Crippen LogP contribution in [-0.2, 0) is 4.79 Å². The van der Waals surface area contributed by atoms with Gasteiger partial charge >= 0.3 is 0 Å². The summed E-state index contributed by atoms with van der Waals surface area (Å²) in [5, 5.41) is 15.1. The van der Waals surface area contributed by atoms with Gasteiger partial charge < -0.3 is 10.6 Å². The summed E-state index contributed by atoms with van der Waals surface area (Å²) in [5.74, 6) is -0.194. The Labute approximate surface area is 122 Å². The molecule has 4 nitrogen and oxygen atoms in total. The van der Waals surface area contributed by atoms with Crippen molar-refractivity contribution >= 4 is 28.9 Å². The van der Waals surface area contributed by atoms with Crippen LogP contribution in [0.5, 0.6) is 0 Å². The molecule has 0 atom stereocenters. The van der Waals surface area contributed by atoms with Crippen molar-refractivity contribution in [2.75, 3.05) is 17.2 Å². The van der Waals surface area contributed by atoms with E-state index in [0.29, 0.717) is 16.3 Å². The number of nitriles is 1. The number of carbonyl (C=O) groups is 1. The Kier molecular flexibility index (Phi) is 4.59. The van der Waals surface area contributed by atoms with Gasteiger partial charge in [0.1, 0.15) is 0 Å². The highest BCUT2D eigenvalue weighted by atomic mass is 35.5. The summed E-state index contributed by atoms with van der Waals surface area (Å²) in [6, 6.07) is 15.9. The average Bonchev–Trinajstić information content (AvgIpc) is 2.45. The van der Waals surface area contributed by atoms with E-state index in [1.807, 2.05) is 12.1 Å². The van der Waals surface area contributed by atoms with Gasteiger partial charge in [-0.3, -0.25) is 4.79 Å². The third-order valence-electron chi connectivity index (χ3n) is 2.55. The fraction of sp³-hybridized carbons (Fsp3) is 0.0667. The lowest BCUT2D eigenvalue weighted by atomic mass is 10.2. The molecule has 0 unspecified atom stereocenters. The second-order valence-electron chi connectivity index (χ2n) is 4.10. The monoisotopic (exact) mass is 285 g/mol. The maximum atomic E-state index is 11.8. The lowest BCUT2D eigenvalue weighted by molar-refractivity contribution is -0.114. The first kappa shape index (κ1) is 13.9. The molecule has 5 heteroatoms. The van der Waals surface area contributed by atoms with Gasteiger partial charge in [0.15, 0.2) is 0 Å². The summed E-state index contributed by atoms with van der Waals surface area (Å²) in [7, 11) is 0. The molecule has 0 saturated heterocycles. The topological polar surface area (TPSA) is 64.9 Å². The minimum Gasteiger partial charge on any atom is -0.376 e. The van der Waals surface area contributed by atoms with Crippen LogP contribution >= 0.6 is 11.6 Å². The standard InChI is InChI=1S/C15H12ClN3O/c16-12-4-2-5-13(8-12)18-10-15(20)19-14-6-1-3-11(7-14)9-17/h1-8,18H,10H2,(H,19,20). The Morgan fingerprint density at radius 1 is 1.15 bits per heavy atom. The summed E-state index contributed by atoms with van der Waals surface area (Å²) < 4.78 is 0. The van der Waals surface area contributed by atoms with E-state index >= 15 is 0 Å². The van der Waals surface area contributed by atoms with Gasteiger partial charge in [-0.2, -0.15) is 5.26 Å². The highest BCUT2D eigenvalue weighted by molar-refractivity contribution is 6.30. The van der Waals surface area contributed by atoms with Crippen LogP contribution in [0.4, 0.5) is 11.4 Å². The van der Waals surface area contributed by atoms with E-state index in [9.17, 15) is 4.79 Å². The highest BCUT2D eigenvalue weighted by Crippen LogP contribution is 2.14. The zero-order chi connectivity index (χ0) is 14.4. The summed E-state index contributed by atoms with van der Waals surface area (Å²) in [6.45, 7) is 0.122. The minimum atomic E-state index is -0.194. The van der Waals surface area contributed by atoms with Crippen molar-refractivity contribution in [1.82, 2.24) is 0 Å². The lowest BCUT2D eigenvalue weighted by Crippen LogP contribution is -2.21. The van der Waals surface area contributed by atoms with Gasteiger partial charge in [0.05, 0.1) is 18.2 Å². The molecule has 0 saturated carbocycles. The molecule has 0 aliphatic heterocycles. The van der Waals surface area contributed by atoms with Crippen molar-refractivity contribution < 1.29 is 4.79 Å². The number of carbonyl (C=O) groups excluding carboxylic acids is 1. The van der Waals surface area contributed by atoms with Crippen LogP contribution in [0.25, 0.3) is 0 Å². The zero-order valence-electron chi connectivity index (χ0n) is 10.6. The highest BCUT2D eigenvalue weighted by Gasteiger charge is 2.03. The quantitative estimate of drug-likeness (QED) is 0.906. The summed E-state index contributed by atoms with van der Waals surface area (Å²) >= 11 is 5.85. The number of hydrogen-bond acceptors (Lipinski definition) is 3. The third-order valence-corrected chi connectivity index (χ3v) is 2.79. The normalized spacial score (nSPS) is 9.60. The van der Waals surface area contributed by atoms with Crippen molar-refractivity contribution in [3.05, 3.63) is 59.1 Å². The van der Waals surface area contributed by atoms with Crippen molar-refractivity contribution in [1.29, 1.82) is 5.26 Å². The van der Waals surface area contributed by atoms with Crippen molar-refractivity contribution in [2.24, 2.45) is 0 Å². The third kappa shape index (κ3) is 4.01. The molecule has 2 rings (SSSR count). The van der Waals surface area contributed by atoms with Crippen LogP contribution in [0.3, 0.4) is 0 Å². The molecule has 0 aliphatic carbocycles. The largest absolute Gasteiger partial charge is 0.376 e. The summed E-state index contributed by atoms with van der Waals surface area (Å²) in [6.07, 6.45) is 0. The van der Waals surface area contributed by atoms with E-state index in [1.54, 1.807) is 42.5 Å². The van der Waals surface area contributed by atoms with Gasteiger partial charge in [0.2, 0.25) is 5.91 Å². The van der Waals surface area contributed by atoms with E-state index in [4.69, 9.17) is 16.9 Å². The van der Waals surface area contributed by atoms with E-state index < -0.39 is 0 Å². The predicted octanol–water partition coefficient (Wildman–Crippen LogP) is 3.26. The Balaban J connectivity index is 1.91. The fourth-order valence-corrected chi connectivity index (χ4v) is 1.84. The SMILES string of the molecule is N#Cc1cccc(NC(=O)CNc2cccc(Cl)c2)c1. The molecule has 100 valence electrons. The fourth-order valence-electron chi connectivity index (χ4n) is 1.65. The number of nitrogens with zero attached hydrogens (tertiary/aromatic N) is 1. The van der Waals surface area contributed by atoms with Gasteiger partial charge in [-0.15, -0.1) is 0 Å². The molecule has 0 spiro atoms. The van der Waals surface area contributed by atoms with Crippen LogP contribution in [0.2, 0.25) is 5.02 Å². The van der Waals surface area contributed by atoms with Crippen LogP contribution in [0.1, 0.15) is 5.56 Å². The Hall–Kier alpha value is -2.51. The van der Waals surface area contributed by atoms with Gasteiger partial charge in [0.25, 0.3) is 0 Å². The maximum absolute atomic E-state index is 11.8. The van der Waals surface area contributed by atoms with Crippen molar-refractivity contribution in [2.45, 2.75) is 0 Å². The molecule has 0 radical (unpaired) electrons. The van der Waals surface area contributed by atoms with E-state index in [0.717, 1.165) is 5.69 Å². The molecular weight excluding hydrogens is 274 g/mol. The minimum absolute atomic E-state index is 0.122. The molecule has 0 aromatic heterocycles. The maximum Gasteiger partial charge on any atom is 0.243 e. The molecule has 0 fully saturated rings. The number of halogens is 1. The summed E-state index contributed by atoms with van der Waals surface area (Å²) in [4.78, 5) is 11.8. The van der Waals surface area contributed by atoms with Crippen molar-refractivity contribution in [3.8, 4) is 6.07 Å². The Morgan fingerprint density at radius 3 is 2.65 bits per heavy atom. The molecule has 2 aromatic carbocycles. The number of amides is 1. The van der Waals surface area contributed by atoms with E-state index in [1.165, 1.54) is 0 Å². The molecule has 2 N–H and O–H groups in total. The van der Waals surface area contributed by atoms with E-state index in [-0.39, 0.29) is 12.5 Å². The first-order valence-electron chi connectivity index (χ1n) is 5.97. The van der Waals surface area contributed by atoms with Gasteiger partial charge in [-0.1, -0.05) is 23.7 Å². The van der Waals surface area contributed by atoms with Gasteiger partial charge in [0, 0.05) is 16.4 Å². The Bertz CT molecular complexity index is 664. The molecule has 0 heterocycles. The molecule has 0 bridgehead atoms. The average molecular weight is 286 g/mol. The molecule has 2 aromatic rings. The van der Waals surface area contributed by atoms with Crippen LogP contribution in [-0.4, -0.2) is 12.5 Å². The second kappa shape index (κ2) is 6.60. The van der Waals surface area contributed by atoms with E-state index in [2.05, 4.69) is 10.6 Å². The lowest BCUT2D eigenvalue weighted by Gasteiger charge is -2.08. The molecule has 0 aliphatic rings. The van der Waals surface area contributed by atoms with Gasteiger partial charge in [-0.25, -0.2) is 0 Å². The Morgan fingerprint density at radius 2 is 1.90 bits per heavy atom. The second-order valence-corrected chi connectivity index (χ2v) is 4.54. The first-order chi connectivity index (χ1) is 9.67. The first-order valence-corrected chi connectivity index (χ1v) is 6.34. The number of nitrogens with one attached hydrogen (secondary N) is 2. The number of anilines is 2. The number of benzene rings is 2. The predicted molar refractivity (Wildman–Crippen MR) is 79.7 cm³/mol. The van der Waals surface area contributed by atoms with Gasteiger partial charge in [-0.05, 0) is 36.4 Å². The van der Waals surface area contributed by atoms with Crippen LogP contribution < -0.4 is 10.6 Å².